The van der Waals surface area contributed by atoms with Crippen LogP contribution in [0, 0.1) is 0 Å². The van der Waals surface area contributed by atoms with E-state index in [0.717, 1.165) is 17.0 Å². The van der Waals surface area contributed by atoms with Gasteiger partial charge in [-0.2, -0.15) is 0 Å². The number of esters is 1. The maximum Gasteiger partial charge on any atom is 0.338 e. The van der Waals surface area contributed by atoms with Crippen LogP contribution in [0.2, 0.25) is 0 Å². The van der Waals surface area contributed by atoms with E-state index >= 15 is 0 Å². The van der Waals surface area contributed by atoms with Crippen molar-refractivity contribution in [2.75, 3.05) is 23.4 Å². The molecule has 1 atom stereocenters. The zero-order valence-electron chi connectivity index (χ0n) is 14.9. The second-order valence-electron chi connectivity index (χ2n) is 5.95. The summed E-state index contributed by atoms with van der Waals surface area (Å²) in [5.41, 5.74) is 2.05. The molecule has 0 saturated heterocycles. The Kier molecular flexibility index (Phi) is 5.83. The largest absolute Gasteiger partial charge is 0.462 e. The van der Waals surface area contributed by atoms with Crippen molar-refractivity contribution in [3.63, 3.8) is 0 Å². The first-order valence-electron chi connectivity index (χ1n) is 8.73. The Morgan fingerprint density at radius 1 is 1.15 bits per heavy atom. The lowest BCUT2D eigenvalue weighted by atomic mass is 10.2. The Bertz CT molecular complexity index is 792. The molecule has 0 spiro atoms. The summed E-state index contributed by atoms with van der Waals surface area (Å²) in [6.45, 7) is 4.91. The minimum Gasteiger partial charge on any atom is -0.462 e. The fourth-order valence-corrected chi connectivity index (χ4v) is 4.00. The molecular formula is C20H22N2O3S. The number of hydrogen-bond acceptors (Lipinski definition) is 4. The number of amides is 2. The maximum absolute atomic E-state index is 12.8. The zero-order valence-corrected chi connectivity index (χ0v) is 15.7. The van der Waals surface area contributed by atoms with Gasteiger partial charge in [0.1, 0.15) is 0 Å². The number of nitrogens with zero attached hydrogens (tertiary/aromatic N) is 1. The van der Waals surface area contributed by atoms with E-state index in [0.29, 0.717) is 29.7 Å². The Hall–Kier alpha value is -2.47. The highest BCUT2D eigenvalue weighted by molar-refractivity contribution is 8.00. The van der Waals surface area contributed by atoms with Crippen molar-refractivity contribution >= 4 is 35.1 Å². The summed E-state index contributed by atoms with van der Waals surface area (Å²) in [4.78, 5) is 27.5. The fourth-order valence-electron chi connectivity index (χ4n) is 2.80. The Morgan fingerprint density at radius 3 is 2.58 bits per heavy atom. The molecule has 0 aliphatic carbocycles. The van der Waals surface area contributed by atoms with Gasteiger partial charge < -0.3 is 10.1 Å². The molecule has 6 heteroatoms. The van der Waals surface area contributed by atoms with Crippen LogP contribution in [0.1, 0.15) is 30.6 Å². The van der Waals surface area contributed by atoms with Gasteiger partial charge in [-0.1, -0.05) is 19.1 Å². The molecule has 0 fully saturated rings. The van der Waals surface area contributed by atoms with Crippen molar-refractivity contribution in [2.45, 2.75) is 30.4 Å². The smallest absolute Gasteiger partial charge is 0.338 e. The number of nitrogens with one attached hydrogen (secondary N) is 1. The molecule has 1 heterocycles. The molecule has 1 unspecified atom stereocenters. The summed E-state index contributed by atoms with van der Waals surface area (Å²) in [5.74, 6) is -0.363. The number of carbonyl (C=O) groups excluding carboxylic acids is 2. The Morgan fingerprint density at radius 2 is 1.88 bits per heavy atom. The predicted octanol–water partition coefficient (Wildman–Crippen LogP) is 4.79. The van der Waals surface area contributed by atoms with Crippen LogP contribution in [0.15, 0.2) is 53.4 Å². The van der Waals surface area contributed by atoms with Crippen LogP contribution >= 0.6 is 11.8 Å². The third kappa shape index (κ3) is 4.02. The van der Waals surface area contributed by atoms with E-state index in [4.69, 9.17) is 4.74 Å². The van der Waals surface area contributed by atoms with Gasteiger partial charge in [-0.3, -0.25) is 4.90 Å². The molecule has 0 aromatic heterocycles. The number of fused-ring (bicyclic) bond motifs is 1. The fraction of sp³-hybridized carbons (Fsp3) is 0.300. The van der Waals surface area contributed by atoms with Crippen molar-refractivity contribution in [3.8, 4) is 0 Å². The van der Waals surface area contributed by atoms with Crippen molar-refractivity contribution in [1.82, 2.24) is 0 Å². The van der Waals surface area contributed by atoms with Crippen LogP contribution in [-0.4, -0.2) is 30.4 Å². The first-order valence-corrected chi connectivity index (χ1v) is 9.61. The molecule has 26 heavy (non-hydrogen) atoms. The number of para-hydroxylation sites is 1. The van der Waals surface area contributed by atoms with Crippen molar-refractivity contribution in [3.05, 3.63) is 54.1 Å². The lowest BCUT2D eigenvalue weighted by Crippen LogP contribution is -2.41. The van der Waals surface area contributed by atoms with Crippen LogP contribution in [0.3, 0.4) is 0 Å². The molecule has 5 nitrogen and oxygen atoms in total. The van der Waals surface area contributed by atoms with Crippen LogP contribution < -0.4 is 10.2 Å². The standard InChI is InChI=1S/C20H22N2O3S/c1-3-16-13-22(17-7-5-6-8-18(17)26-16)20(24)21-15-11-9-14(10-12-15)19(23)25-4-2/h5-12,16H,3-4,13H2,1-2H3,(H,21,24). The summed E-state index contributed by atoms with van der Waals surface area (Å²) in [6.07, 6.45) is 0.997. The average molecular weight is 370 g/mol. The van der Waals surface area contributed by atoms with Crippen LogP contribution in [0.25, 0.3) is 0 Å². The van der Waals surface area contributed by atoms with E-state index in [-0.39, 0.29) is 12.0 Å². The highest BCUT2D eigenvalue weighted by Crippen LogP contribution is 2.39. The quantitative estimate of drug-likeness (QED) is 0.787. The minimum absolute atomic E-state index is 0.167. The van der Waals surface area contributed by atoms with Gasteiger partial charge in [0, 0.05) is 22.4 Å². The van der Waals surface area contributed by atoms with Gasteiger partial charge in [0.25, 0.3) is 0 Å². The number of carbonyl (C=O) groups is 2. The van der Waals surface area contributed by atoms with E-state index in [1.807, 2.05) is 30.0 Å². The topological polar surface area (TPSA) is 58.6 Å². The van der Waals surface area contributed by atoms with E-state index in [9.17, 15) is 9.59 Å². The molecular weight excluding hydrogens is 348 g/mol. The highest BCUT2D eigenvalue weighted by atomic mass is 32.2. The van der Waals surface area contributed by atoms with Gasteiger partial charge in [0.2, 0.25) is 0 Å². The van der Waals surface area contributed by atoms with E-state index < -0.39 is 0 Å². The van der Waals surface area contributed by atoms with E-state index in [1.165, 1.54) is 0 Å². The molecule has 2 amide bonds. The SMILES string of the molecule is CCOC(=O)c1ccc(NC(=O)N2CC(CC)Sc3ccccc32)cc1. The number of benzene rings is 2. The molecule has 1 aliphatic heterocycles. The van der Waals surface area contributed by atoms with Gasteiger partial charge in [0.15, 0.2) is 0 Å². The Balaban J connectivity index is 1.74. The molecule has 0 saturated carbocycles. The van der Waals surface area contributed by atoms with Crippen molar-refractivity contribution in [2.24, 2.45) is 0 Å². The lowest BCUT2D eigenvalue weighted by molar-refractivity contribution is 0.0526. The number of hydrogen-bond donors (Lipinski definition) is 1. The molecule has 1 aliphatic rings. The zero-order chi connectivity index (χ0) is 18.5. The molecule has 136 valence electrons. The van der Waals surface area contributed by atoms with Gasteiger partial charge in [-0.25, -0.2) is 9.59 Å². The third-order valence-corrected chi connectivity index (χ3v) is 5.60. The monoisotopic (exact) mass is 370 g/mol. The van der Waals surface area contributed by atoms with Crippen molar-refractivity contribution < 1.29 is 14.3 Å². The Labute approximate surface area is 157 Å². The van der Waals surface area contributed by atoms with Crippen molar-refractivity contribution in [1.29, 1.82) is 0 Å². The molecule has 3 rings (SSSR count). The number of ether oxygens (including phenoxy) is 1. The molecule has 0 radical (unpaired) electrons. The third-order valence-electron chi connectivity index (χ3n) is 4.18. The highest BCUT2D eigenvalue weighted by Gasteiger charge is 2.28. The summed E-state index contributed by atoms with van der Waals surface area (Å²) >= 11 is 1.82. The summed E-state index contributed by atoms with van der Waals surface area (Å²) < 4.78 is 4.97. The summed E-state index contributed by atoms with van der Waals surface area (Å²) in [5, 5.41) is 3.30. The molecule has 0 bridgehead atoms. The first kappa shape index (κ1) is 18.3. The number of urea groups is 1. The van der Waals surface area contributed by atoms with Gasteiger partial charge in [-0.15, -0.1) is 11.8 Å². The number of anilines is 2. The van der Waals surface area contributed by atoms with Crippen LogP contribution in [0.5, 0.6) is 0 Å². The summed E-state index contributed by atoms with van der Waals surface area (Å²) in [7, 11) is 0. The van der Waals surface area contributed by atoms with Gasteiger partial charge in [-0.05, 0) is 49.7 Å². The minimum atomic E-state index is -0.363. The first-order chi connectivity index (χ1) is 12.6. The average Bonchev–Trinajstić information content (AvgIpc) is 2.67. The number of rotatable bonds is 4. The second-order valence-corrected chi connectivity index (χ2v) is 7.30. The summed E-state index contributed by atoms with van der Waals surface area (Å²) in [6, 6.07) is 14.5. The van der Waals surface area contributed by atoms with Gasteiger partial charge >= 0.3 is 12.0 Å². The number of thioether (sulfide) groups is 1. The van der Waals surface area contributed by atoms with Crippen LogP contribution in [0.4, 0.5) is 16.2 Å². The molecule has 2 aromatic rings. The molecule has 2 aromatic carbocycles. The van der Waals surface area contributed by atoms with E-state index in [2.05, 4.69) is 18.3 Å². The predicted molar refractivity (Wildman–Crippen MR) is 105 cm³/mol. The normalized spacial score (nSPS) is 15.9. The second kappa shape index (κ2) is 8.27. The van der Waals surface area contributed by atoms with Gasteiger partial charge in [0.05, 0.1) is 17.9 Å². The molecule has 1 N–H and O–H groups in total. The van der Waals surface area contributed by atoms with Crippen LogP contribution in [-0.2, 0) is 4.74 Å². The lowest BCUT2D eigenvalue weighted by Gasteiger charge is -2.33. The maximum atomic E-state index is 12.8. The van der Waals surface area contributed by atoms with E-state index in [1.54, 1.807) is 36.1 Å².